The molecule has 174 valence electrons. The fraction of sp³-hybridized carbons (Fsp3) is 0. The molecule has 0 aliphatic rings. The molecule has 0 saturated heterocycles. The van der Waals surface area contributed by atoms with Crippen LogP contribution in [0.25, 0.3) is 16.9 Å². The molecule has 11 heteroatoms. The zero-order valence-corrected chi connectivity index (χ0v) is 21.9. The summed E-state index contributed by atoms with van der Waals surface area (Å²) in [5, 5.41) is 12.9. The summed E-state index contributed by atoms with van der Waals surface area (Å²) in [6, 6.07) is 22.7. The molecule has 0 radical (unpaired) electrons. The second kappa shape index (κ2) is 9.33. The first-order chi connectivity index (χ1) is 16.8. The molecule has 0 amide bonds. The fourth-order valence-electron chi connectivity index (χ4n) is 3.48. The van der Waals surface area contributed by atoms with Gasteiger partial charge in [0.25, 0.3) is 0 Å². The number of hydrogen-bond donors (Lipinski definition) is 1. The van der Waals surface area contributed by atoms with Crippen LogP contribution in [0.4, 0.5) is 17.2 Å². The van der Waals surface area contributed by atoms with Crippen molar-refractivity contribution in [3.63, 3.8) is 0 Å². The van der Waals surface area contributed by atoms with Crippen molar-refractivity contribution in [3.05, 3.63) is 94.0 Å². The maximum atomic E-state index is 13.6. The van der Waals surface area contributed by atoms with Gasteiger partial charge < -0.3 is 5.73 Å². The van der Waals surface area contributed by atoms with Crippen molar-refractivity contribution in [1.82, 2.24) is 14.6 Å². The third kappa shape index (κ3) is 4.49. The summed E-state index contributed by atoms with van der Waals surface area (Å²) in [6.45, 7) is 0. The molecule has 0 atom stereocenters. The van der Waals surface area contributed by atoms with Gasteiger partial charge in [-0.3, -0.25) is 0 Å². The molecule has 2 aromatic heterocycles. The number of rotatable bonds is 5. The number of azo groups is 1. The molecular weight excluding hydrogens is 596 g/mol. The summed E-state index contributed by atoms with van der Waals surface area (Å²) in [5.74, 6) is 0.0750. The van der Waals surface area contributed by atoms with Crippen molar-refractivity contribution in [1.29, 1.82) is 0 Å². The van der Waals surface area contributed by atoms with Crippen LogP contribution in [-0.2, 0) is 9.84 Å². The Morgan fingerprint density at radius 3 is 2.11 bits per heavy atom. The Bertz CT molecular complexity index is 1670. The van der Waals surface area contributed by atoms with E-state index in [1.165, 1.54) is 10.7 Å². The smallest absolute Gasteiger partial charge is 0.210 e. The molecular formula is C24H16Br2N6O2S. The van der Waals surface area contributed by atoms with Crippen molar-refractivity contribution in [3.8, 4) is 11.3 Å². The van der Waals surface area contributed by atoms with Crippen molar-refractivity contribution >= 4 is 64.5 Å². The first kappa shape index (κ1) is 23.3. The summed E-state index contributed by atoms with van der Waals surface area (Å²) in [4.78, 5) is 4.54. The average molecular weight is 612 g/mol. The molecule has 2 N–H and O–H groups in total. The highest BCUT2D eigenvalue weighted by atomic mass is 79.9. The minimum atomic E-state index is -3.92. The van der Waals surface area contributed by atoms with Gasteiger partial charge in [0, 0.05) is 14.5 Å². The van der Waals surface area contributed by atoms with Gasteiger partial charge in [0.2, 0.25) is 9.84 Å². The van der Waals surface area contributed by atoms with Gasteiger partial charge in [0.1, 0.15) is 4.90 Å². The minimum Gasteiger partial charge on any atom is -0.380 e. The highest BCUT2D eigenvalue weighted by molar-refractivity contribution is 9.10. The Morgan fingerprint density at radius 2 is 1.46 bits per heavy atom. The first-order valence-corrected chi connectivity index (χ1v) is 13.3. The second-order valence-electron chi connectivity index (χ2n) is 7.44. The minimum absolute atomic E-state index is 0.00239. The second-order valence-corrected chi connectivity index (χ2v) is 11.2. The zero-order chi connectivity index (χ0) is 24.6. The van der Waals surface area contributed by atoms with Crippen molar-refractivity contribution in [2.75, 3.05) is 5.73 Å². The van der Waals surface area contributed by atoms with Gasteiger partial charge in [0.05, 0.1) is 22.5 Å². The maximum absolute atomic E-state index is 13.6. The van der Waals surface area contributed by atoms with Gasteiger partial charge in [-0.15, -0.1) is 10.2 Å². The van der Waals surface area contributed by atoms with Crippen molar-refractivity contribution in [2.24, 2.45) is 10.2 Å². The van der Waals surface area contributed by atoms with E-state index in [1.807, 2.05) is 24.3 Å². The fourth-order valence-corrected chi connectivity index (χ4v) is 5.43. The van der Waals surface area contributed by atoms with E-state index in [4.69, 9.17) is 5.73 Å². The zero-order valence-electron chi connectivity index (χ0n) is 17.9. The lowest BCUT2D eigenvalue weighted by Gasteiger charge is -2.12. The van der Waals surface area contributed by atoms with Gasteiger partial charge in [0.15, 0.2) is 17.2 Å². The van der Waals surface area contributed by atoms with E-state index in [0.29, 0.717) is 16.9 Å². The number of benzene rings is 3. The Kier molecular flexibility index (Phi) is 6.22. The normalized spacial score (nSPS) is 11.9. The van der Waals surface area contributed by atoms with Gasteiger partial charge in [-0.1, -0.05) is 62.2 Å². The van der Waals surface area contributed by atoms with Crippen LogP contribution in [0.1, 0.15) is 0 Å². The predicted octanol–water partition coefficient (Wildman–Crippen LogP) is 6.75. The first-order valence-electron chi connectivity index (χ1n) is 10.3. The molecule has 0 saturated carbocycles. The Labute approximate surface area is 217 Å². The van der Waals surface area contributed by atoms with Crippen LogP contribution in [0, 0.1) is 0 Å². The summed E-state index contributed by atoms with van der Waals surface area (Å²) in [5.41, 5.74) is 8.28. The number of nitrogen functional groups attached to an aromatic ring is 1. The van der Waals surface area contributed by atoms with Gasteiger partial charge >= 0.3 is 0 Å². The third-order valence-electron chi connectivity index (χ3n) is 5.16. The van der Waals surface area contributed by atoms with E-state index in [-0.39, 0.29) is 26.9 Å². The largest absolute Gasteiger partial charge is 0.380 e. The standard InChI is InChI=1S/C24H16Br2N6O2S/c25-16-8-6-15(7-9-16)22-20(35(33,34)19-4-2-1-3-5-19)14-28-24-21(23(27)31-32(22)24)30-29-18-12-10-17(26)11-13-18/h1-14H,(H2,27,31). The van der Waals surface area contributed by atoms with E-state index in [9.17, 15) is 8.42 Å². The molecule has 0 fully saturated rings. The van der Waals surface area contributed by atoms with E-state index in [2.05, 4.69) is 52.2 Å². The maximum Gasteiger partial charge on any atom is 0.210 e. The summed E-state index contributed by atoms with van der Waals surface area (Å²) >= 11 is 6.81. The number of hydrogen-bond acceptors (Lipinski definition) is 7. The summed E-state index contributed by atoms with van der Waals surface area (Å²) in [6.07, 6.45) is 1.31. The molecule has 35 heavy (non-hydrogen) atoms. The molecule has 8 nitrogen and oxygen atoms in total. The molecule has 2 heterocycles. The number of fused-ring (bicyclic) bond motifs is 1. The highest BCUT2D eigenvalue weighted by Crippen LogP contribution is 2.36. The van der Waals surface area contributed by atoms with Crippen LogP contribution in [0.15, 0.2) is 114 Å². The molecule has 0 bridgehead atoms. The van der Waals surface area contributed by atoms with Crippen molar-refractivity contribution in [2.45, 2.75) is 9.79 Å². The number of sulfone groups is 1. The molecule has 0 unspecified atom stereocenters. The summed E-state index contributed by atoms with van der Waals surface area (Å²) in [7, 11) is -3.92. The van der Waals surface area contributed by atoms with E-state index >= 15 is 0 Å². The van der Waals surface area contributed by atoms with Gasteiger partial charge in [-0.2, -0.15) is 5.11 Å². The van der Waals surface area contributed by atoms with Crippen LogP contribution in [-0.4, -0.2) is 23.0 Å². The molecule has 5 aromatic rings. The number of nitrogens with two attached hydrogens (primary N) is 1. The average Bonchev–Trinajstić information content (AvgIpc) is 3.19. The predicted molar refractivity (Wildman–Crippen MR) is 141 cm³/mol. The molecule has 5 rings (SSSR count). The topological polar surface area (TPSA) is 115 Å². The van der Waals surface area contributed by atoms with Gasteiger partial charge in [-0.25, -0.2) is 17.9 Å². The van der Waals surface area contributed by atoms with E-state index in [1.54, 1.807) is 54.6 Å². The lowest BCUT2D eigenvalue weighted by molar-refractivity contribution is 0.595. The van der Waals surface area contributed by atoms with Crippen LogP contribution in [0.2, 0.25) is 0 Å². The molecule has 0 aliphatic carbocycles. The number of nitrogens with zero attached hydrogens (tertiary/aromatic N) is 5. The van der Waals surface area contributed by atoms with E-state index in [0.717, 1.165) is 8.95 Å². The van der Waals surface area contributed by atoms with Crippen LogP contribution in [0.3, 0.4) is 0 Å². The molecule has 3 aromatic carbocycles. The monoisotopic (exact) mass is 610 g/mol. The third-order valence-corrected chi connectivity index (χ3v) is 7.99. The highest BCUT2D eigenvalue weighted by Gasteiger charge is 2.27. The summed E-state index contributed by atoms with van der Waals surface area (Å²) < 4.78 is 30.4. The lowest BCUT2D eigenvalue weighted by atomic mass is 10.1. The van der Waals surface area contributed by atoms with E-state index < -0.39 is 9.84 Å². The number of halogens is 2. The Hall–Kier alpha value is -3.41. The Balaban J connectivity index is 1.74. The Morgan fingerprint density at radius 1 is 0.829 bits per heavy atom. The molecule has 0 aliphatic heterocycles. The van der Waals surface area contributed by atoms with Crippen LogP contribution in [0.5, 0.6) is 0 Å². The number of anilines is 1. The molecule has 0 spiro atoms. The van der Waals surface area contributed by atoms with Crippen molar-refractivity contribution < 1.29 is 8.42 Å². The lowest BCUT2D eigenvalue weighted by Crippen LogP contribution is -2.09. The number of aromatic nitrogens is 3. The SMILES string of the molecule is Nc1nn2c(-c3ccc(Br)cc3)c(S(=O)(=O)c3ccccc3)cnc2c1N=Nc1ccc(Br)cc1. The van der Waals surface area contributed by atoms with Crippen LogP contribution < -0.4 is 5.73 Å². The van der Waals surface area contributed by atoms with Gasteiger partial charge in [-0.05, 0) is 48.5 Å². The quantitative estimate of drug-likeness (QED) is 0.221. The van der Waals surface area contributed by atoms with Crippen LogP contribution >= 0.6 is 31.9 Å².